The van der Waals surface area contributed by atoms with Crippen molar-refractivity contribution in [3.8, 4) is 0 Å². The number of nitrogens with zero attached hydrogens (tertiary/aromatic N) is 1. The summed E-state index contributed by atoms with van der Waals surface area (Å²) in [4.78, 5) is 44.7. The van der Waals surface area contributed by atoms with Crippen molar-refractivity contribution in [3.05, 3.63) is 75.3 Å². The van der Waals surface area contributed by atoms with E-state index in [1.807, 2.05) is 26.0 Å². The van der Waals surface area contributed by atoms with E-state index in [1.54, 1.807) is 6.07 Å². The van der Waals surface area contributed by atoms with Crippen LogP contribution < -0.4 is 21.5 Å². The molecule has 0 bridgehead atoms. The fourth-order valence-electron chi connectivity index (χ4n) is 3.37. The number of carbonyl (C=O) groups is 2. The van der Waals surface area contributed by atoms with Crippen LogP contribution in [0.3, 0.4) is 0 Å². The zero-order chi connectivity index (χ0) is 22.1. The fraction of sp³-hybridized carbons (Fsp3) is 0.182. The van der Waals surface area contributed by atoms with Crippen LogP contribution in [-0.2, 0) is 9.59 Å². The zero-order valence-corrected chi connectivity index (χ0v) is 16.9. The molecule has 4 rings (SSSR count). The monoisotopic (exact) mass is 421 g/mol. The van der Waals surface area contributed by atoms with Crippen molar-refractivity contribution in [2.24, 2.45) is 0 Å². The Morgan fingerprint density at radius 3 is 2.48 bits per heavy atom. The Morgan fingerprint density at radius 1 is 1.06 bits per heavy atom. The Balaban J connectivity index is 1.63. The van der Waals surface area contributed by atoms with Gasteiger partial charge in [-0.2, -0.15) is 4.98 Å². The fourth-order valence-corrected chi connectivity index (χ4v) is 3.37. The maximum absolute atomic E-state index is 13.1. The number of fused-ring (bicyclic) bond motifs is 1. The first-order valence-corrected chi connectivity index (χ1v) is 9.65. The van der Waals surface area contributed by atoms with E-state index in [-0.39, 0.29) is 23.8 Å². The van der Waals surface area contributed by atoms with Crippen LogP contribution in [0, 0.1) is 19.7 Å². The molecule has 2 amide bonds. The molecule has 0 radical (unpaired) electrons. The summed E-state index contributed by atoms with van der Waals surface area (Å²) in [5, 5.41) is 8.18. The molecule has 4 N–H and O–H groups in total. The average Bonchev–Trinajstić information content (AvgIpc) is 2.71. The summed E-state index contributed by atoms with van der Waals surface area (Å²) in [5.41, 5.74) is 2.72. The van der Waals surface area contributed by atoms with Gasteiger partial charge in [0.1, 0.15) is 11.6 Å². The molecule has 0 aliphatic carbocycles. The van der Waals surface area contributed by atoms with E-state index in [0.29, 0.717) is 11.4 Å². The summed E-state index contributed by atoms with van der Waals surface area (Å²) < 4.78 is 13.1. The van der Waals surface area contributed by atoms with Crippen LogP contribution in [0.25, 0.3) is 0 Å². The highest BCUT2D eigenvalue weighted by molar-refractivity contribution is 6.04. The van der Waals surface area contributed by atoms with E-state index in [9.17, 15) is 18.8 Å². The van der Waals surface area contributed by atoms with Crippen molar-refractivity contribution in [2.45, 2.75) is 26.2 Å². The van der Waals surface area contributed by atoms with E-state index >= 15 is 0 Å². The first kappa shape index (κ1) is 20.3. The molecule has 0 saturated heterocycles. The molecule has 1 aromatic heterocycles. The van der Waals surface area contributed by atoms with E-state index < -0.39 is 29.1 Å². The number of H-pyrrole nitrogens is 1. The second-order valence-electron chi connectivity index (χ2n) is 7.40. The van der Waals surface area contributed by atoms with E-state index in [0.717, 1.165) is 11.1 Å². The smallest absolute Gasteiger partial charge is 0.258 e. The summed E-state index contributed by atoms with van der Waals surface area (Å²) in [7, 11) is 0. The summed E-state index contributed by atoms with van der Waals surface area (Å²) in [6.07, 6.45) is -0.167. The van der Waals surface area contributed by atoms with Gasteiger partial charge in [0.05, 0.1) is 11.5 Å². The number of aryl methyl sites for hydroxylation is 2. The molecule has 31 heavy (non-hydrogen) atoms. The molecule has 1 aliphatic heterocycles. The van der Waals surface area contributed by atoms with Gasteiger partial charge in [0.2, 0.25) is 17.8 Å². The number of hydrogen-bond donors (Lipinski definition) is 4. The predicted molar refractivity (Wildman–Crippen MR) is 115 cm³/mol. The van der Waals surface area contributed by atoms with Crippen molar-refractivity contribution in [2.75, 3.05) is 16.0 Å². The molecule has 2 heterocycles. The number of hydrogen-bond acceptors (Lipinski definition) is 5. The van der Waals surface area contributed by atoms with Crippen molar-refractivity contribution in [1.29, 1.82) is 0 Å². The number of anilines is 4. The molecule has 1 aliphatic rings. The van der Waals surface area contributed by atoms with Gasteiger partial charge in [-0.15, -0.1) is 0 Å². The van der Waals surface area contributed by atoms with Crippen LogP contribution in [0.5, 0.6) is 0 Å². The van der Waals surface area contributed by atoms with Gasteiger partial charge in [-0.25, -0.2) is 4.39 Å². The lowest BCUT2D eigenvalue weighted by Crippen LogP contribution is -2.36. The van der Waals surface area contributed by atoms with Crippen molar-refractivity contribution in [1.82, 2.24) is 9.97 Å². The van der Waals surface area contributed by atoms with Gasteiger partial charge in [0, 0.05) is 17.8 Å². The van der Waals surface area contributed by atoms with Gasteiger partial charge in [-0.05, 0) is 61.4 Å². The summed E-state index contributed by atoms with van der Waals surface area (Å²) in [6, 6.07) is 11.0. The van der Waals surface area contributed by atoms with E-state index in [1.165, 1.54) is 24.3 Å². The Kier molecular flexibility index (Phi) is 5.24. The number of amides is 2. The number of aromatic nitrogens is 2. The molecule has 0 fully saturated rings. The third-order valence-corrected chi connectivity index (χ3v) is 5.15. The summed E-state index contributed by atoms with van der Waals surface area (Å²) in [5.74, 6) is -2.19. The SMILES string of the molecule is Cc1ccc(NC(=O)C2CC(=O)Nc3nc(Nc4ccc(F)cc4)[nH]c(=O)c32)cc1C. The van der Waals surface area contributed by atoms with Gasteiger partial charge >= 0.3 is 0 Å². The number of benzene rings is 2. The molecular weight excluding hydrogens is 401 g/mol. The van der Waals surface area contributed by atoms with Crippen LogP contribution in [0.4, 0.5) is 27.5 Å². The second-order valence-corrected chi connectivity index (χ2v) is 7.40. The molecule has 9 heteroatoms. The van der Waals surface area contributed by atoms with Gasteiger partial charge < -0.3 is 16.0 Å². The van der Waals surface area contributed by atoms with E-state index in [4.69, 9.17) is 0 Å². The minimum absolute atomic E-state index is 0.0184. The Hall–Kier alpha value is -4.01. The number of carbonyl (C=O) groups excluding carboxylic acids is 2. The average molecular weight is 421 g/mol. The van der Waals surface area contributed by atoms with Gasteiger partial charge in [-0.1, -0.05) is 6.07 Å². The molecule has 158 valence electrons. The lowest BCUT2D eigenvalue weighted by molar-refractivity contribution is -0.123. The lowest BCUT2D eigenvalue weighted by atomic mass is 9.92. The Labute approximate surface area is 176 Å². The number of nitrogens with one attached hydrogen (secondary N) is 4. The quantitative estimate of drug-likeness (QED) is 0.516. The molecule has 0 spiro atoms. The second kappa shape index (κ2) is 8.02. The Bertz CT molecular complexity index is 1240. The number of aromatic amines is 1. The van der Waals surface area contributed by atoms with Crippen LogP contribution in [0.2, 0.25) is 0 Å². The van der Waals surface area contributed by atoms with Gasteiger partial charge in [0.25, 0.3) is 5.56 Å². The van der Waals surface area contributed by atoms with Crippen LogP contribution in [-0.4, -0.2) is 21.8 Å². The van der Waals surface area contributed by atoms with Crippen molar-refractivity contribution < 1.29 is 14.0 Å². The molecule has 1 atom stereocenters. The maximum Gasteiger partial charge on any atom is 0.258 e. The minimum atomic E-state index is -0.985. The molecule has 1 unspecified atom stereocenters. The van der Waals surface area contributed by atoms with Crippen LogP contribution in [0.1, 0.15) is 29.0 Å². The Morgan fingerprint density at radius 2 is 1.77 bits per heavy atom. The van der Waals surface area contributed by atoms with Crippen molar-refractivity contribution >= 4 is 35.0 Å². The standard InChI is InChI=1S/C22H20FN5O3/c1-11-3-6-15(9-12(11)2)24-20(30)16-10-17(29)26-19-18(16)21(31)28-22(27-19)25-14-7-4-13(23)5-8-14/h3-9,16H,10H2,1-2H3,(H,24,30)(H3,25,26,27,28,29,31). The maximum atomic E-state index is 13.1. The molecule has 2 aromatic carbocycles. The topological polar surface area (TPSA) is 116 Å². The summed E-state index contributed by atoms with van der Waals surface area (Å²) in [6.45, 7) is 3.89. The predicted octanol–water partition coefficient (Wildman–Crippen LogP) is 3.33. The summed E-state index contributed by atoms with van der Waals surface area (Å²) >= 11 is 0. The van der Waals surface area contributed by atoms with Crippen LogP contribution >= 0.6 is 0 Å². The van der Waals surface area contributed by atoms with Gasteiger partial charge in [0.15, 0.2) is 0 Å². The third-order valence-electron chi connectivity index (χ3n) is 5.15. The lowest BCUT2D eigenvalue weighted by Gasteiger charge is -2.23. The largest absolute Gasteiger partial charge is 0.326 e. The third kappa shape index (κ3) is 4.30. The zero-order valence-electron chi connectivity index (χ0n) is 16.9. The first-order valence-electron chi connectivity index (χ1n) is 9.65. The molecule has 3 aromatic rings. The van der Waals surface area contributed by atoms with Crippen molar-refractivity contribution in [3.63, 3.8) is 0 Å². The first-order chi connectivity index (χ1) is 14.8. The minimum Gasteiger partial charge on any atom is -0.326 e. The van der Waals surface area contributed by atoms with Gasteiger partial charge in [-0.3, -0.25) is 19.4 Å². The molecule has 8 nitrogen and oxygen atoms in total. The van der Waals surface area contributed by atoms with E-state index in [2.05, 4.69) is 25.9 Å². The normalized spacial score (nSPS) is 15.1. The highest BCUT2D eigenvalue weighted by atomic mass is 19.1. The number of rotatable bonds is 4. The molecule has 0 saturated carbocycles. The highest BCUT2D eigenvalue weighted by Gasteiger charge is 2.34. The highest BCUT2D eigenvalue weighted by Crippen LogP contribution is 2.30. The molecular formula is C22H20FN5O3. The van der Waals surface area contributed by atoms with Crippen LogP contribution in [0.15, 0.2) is 47.3 Å². The number of halogens is 1.